The van der Waals surface area contributed by atoms with E-state index >= 15 is 0 Å². The molecule has 0 aliphatic heterocycles. The van der Waals surface area contributed by atoms with Crippen molar-refractivity contribution < 1.29 is 14.6 Å². The summed E-state index contributed by atoms with van der Waals surface area (Å²) in [5.74, 6) is 6.48. The highest BCUT2D eigenvalue weighted by atomic mass is 16.5. The number of aliphatic hydroxyl groups is 1. The molecule has 23 heavy (non-hydrogen) atoms. The lowest BCUT2D eigenvalue weighted by Crippen LogP contribution is -2.19. The van der Waals surface area contributed by atoms with Crippen LogP contribution in [0, 0.1) is 11.8 Å². The lowest BCUT2D eigenvalue weighted by molar-refractivity contribution is 0.0736. The third kappa shape index (κ3) is 5.45. The molecule has 3 heteroatoms. The van der Waals surface area contributed by atoms with Crippen molar-refractivity contribution in [2.24, 2.45) is 0 Å². The fourth-order valence-electron chi connectivity index (χ4n) is 1.86. The zero-order valence-electron chi connectivity index (χ0n) is 13.7. The van der Waals surface area contributed by atoms with Crippen LogP contribution >= 0.6 is 0 Å². The van der Waals surface area contributed by atoms with Crippen molar-refractivity contribution in [2.75, 3.05) is 7.11 Å². The molecule has 0 heterocycles. The number of methoxy groups -OCH3 is 1. The van der Waals surface area contributed by atoms with Crippen LogP contribution in [0.3, 0.4) is 0 Å². The van der Waals surface area contributed by atoms with Gasteiger partial charge in [-0.2, -0.15) is 0 Å². The highest BCUT2D eigenvalue weighted by Crippen LogP contribution is 2.19. The van der Waals surface area contributed by atoms with Crippen molar-refractivity contribution in [3.05, 3.63) is 65.7 Å². The van der Waals surface area contributed by atoms with Gasteiger partial charge in [0.15, 0.2) is 0 Å². The van der Waals surface area contributed by atoms with Gasteiger partial charge in [-0.05, 0) is 37.1 Å². The normalized spacial score (nSPS) is 12.2. The van der Waals surface area contributed by atoms with Gasteiger partial charge in [0.1, 0.15) is 24.1 Å². The maximum Gasteiger partial charge on any atom is 0.140 e. The molecule has 0 aliphatic carbocycles. The van der Waals surface area contributed by atoms with Crippen LogP contribution in [-0.4, -0.2) is 17.8 Å². The summed E-state index contributed by atoms with van der Waals surface area (Å²) in [7, 11) is 1.60. The molecule has 0 spiro atoms. The molecule has 2 aromatic rings. The van der Waals surface area contributed by atoms with Crippen LogP contribution in [0.25, 0.3) is 0 Å². The number of aliphatic hydroxyl groups excluding tert-OH is 1. The van der Waals surface area contributed by atoms with Crippen molar-refractivity contribution in [2.45, 2.75) is 32.2 Å². The molecule has 1 unspecified atom stereocenters. The Morgan fingerprint density at radius 2 is 1.70 bits per heavy atom. The van der Waals surface area contributed by atoms with E-state index in [-0.39, 0.29) is 0 Å². The molecular weight excluding hydrogens is 288 g/mol. The standard InChI is InChI=1S/C20H22O3/c1-20(2,22-3)14-13-19(21)17-9-11-18(12-10-17)23-15-16-7-5-4-6-8-16/h4-12,19,21H,15H2,1-3H3. The van der Waals surface area contributed by atoms with Crippen LogP contribution in [0.1, 0.15) is 31.1 Å². The predicted octanol–water partition coefficient (Wildman–Crippen LogP) is 3.73. The largest absolute Gasteiger partial charge is 0.489 e. The maximum absolute atomic E-state index is 10.1. The monoisotopic (exact) mass is 310 g/mol. The van der Waals surface area contributed by atoms with Crippen molar-refractivity contribution >= 4 is 0 Å². The summed E-state index contributed by atoms with van der Waals surface area (Å²) in [5.41, 5.74) is 1.28. The summed E-state index contributed by atoms with van der Waals surface area (Å²) >= 11 is 0. The van der Waals surface area contributed by atoms with Gasteiger partial charge in [0.2, 0.25) is 0 Å². The van der Waals surface area contributed by atoms with Gasteiger partial charge in [0, 0.05) is 7.11 Å². The van der Waals surface area contributed by atoms with Crippen LogP contribution in [0.4, 0.5) is 0 Å². The zero-order chi connectivity index (χ0) is 16.7. The summed E-state index contributed by atoms with van der Waals surface area (Å²) in [5, 5.41) is 10.1. The minimum atomic E-state index is -0.840. The molecule has 0 radical (unpaired) electrons. The number of hydrogen-bond donors (Lipinski definition) is 1. The Labute approximate surface area is 137 Å². The Kier molecular flexibility index (Phi) is 5.81. The highest BCUT2D eigenvalue weighted by Gasteiger charge is 2.12. The molecule has 0 aromatic heterocycles. The summed E-state index contributed by atoms with van der Waals surface area (Å²) in [6, 6.07) is 17.3. The van der Waals surface area contributed by atoms with Gasteiger partial charge in [-0.15, -0.1) is 0 Å². The predicted molar refractivity (Wildman–Crippen MR) is 91.0 cm³/mol. The third-order valence-electron chi connectivity index (χ3n) is 3.46. The molecule has 0 saturated heterocycles. The van der Waals surface area contributed by atoms with Crippen LogP contribution in [0.15, 0.2) is 54.6 Å². The highest BCUT2D eigenvalue weighted by molar-refractivity contribution is 5.32. The van der Waals surface area contributed by atoms with Crippen molar-refractivity contribution in [3.63, 3.8) is 0 Å². The minimum Gasteiger partial charge on any atom is -0.489 e. The quantitative estimate of drug-likeness (QED) is 0.855. The molecule has 1 atom stereocenters. The lowest BCUT2D eigenvalue weighted by Gasteiger charge is -2.15. The van der Waals surface area contributed by atoms with Gasteiger partial charge < -0.3 is 14.6 Å². The molecule has 0 aliphatic rings. The molecular formula is C20H22O3. The molecule has 0 amide bonds. The fourth-order valence-corrected chi connectivity index (χ4v) is 1.86. The molecule has 120 valence electrons. The van der Waals surface area contributed by atoms with E-state index in [4.69, 9.17) is 9.47 Å². The Hall–Kier alpha value is -2.28. The second-order valence-electron chi connectivity index (χ2n) is 5.73. The first-order valence-corrected chi connectivity index (χ1v) is 7.53. The summed E-state index contributed by atoms with van der Waals surface area (Å²) in [4.78, 5) is 0. The first-order chi connectivity index (χ1) is 11.0. The first kappa shape index (κ1) is 17.1. The zero-order valence-corrected chi connectivity index (χ0v) is 13.7. The van der Waals surface area contributed by atoms with Gasteiger partial charge >= 0.3 is 0 Å². The van der Waals surface area contributed by atoms with E-state index < -0.39 is 11.7 Å². The fraction of sp³-hybridized carbons (Fsp3) is 0.300. The van der Waals surface area contributed by atoms with Gasteiger partial charge in [-0.3, -0.25) is 0 Å². The topological polar surface area (TPSA) is 38.7 Å². The Morgan fingerprint density at radius 1 is 1.04 bits per heavy atom. The second-order valence-corrected chi connectivity index (χ2v) is 5.73. The average Bonchev–Trinajstić information content (AvgIpc) is 2.59. The van der Waals surface area contributed by atoms with Gasteiger partial charge in [-0.25, -0.2) is 0 Å². The van der Waals surface area contributed by atoms with E-state index in [1.165, 1.54) is 0 Å². The van der Waals surface area contributed by atoms with Crippen LogP contribution in [0.2, 0.25) is 0 Å². The molecule has 2 rings (SSSR count). The number of ether oxygens (including phenoxy) is 2. The van der Waals surface area contributed by atoms with Gasteiger partial charge in [0.25, 0.3) is 0 Å². The van der Waals surface area contributed by atoms with E-state index in [0.29, 0.717) is 6.61 Å². The molecule has 2 aromatic carbocycles. The van der Waals surface area contributed by atoms with E-state index in [0.717, 1.165) is 16.9 Å². The number of benzene rings is 2. The second kappa shape index (κ2) is 7.82. The minimum absolute atomic E-state index is 0.518. The molecule has 0 saturated carbocycles. The van der Waals surface area contributed by atoms with E-state index in [1.54, 1.807) is 7.11 Å². The molecule has 0 bridgehead atoms. The van der Waals surface area contributed by atoms with Crippen LogP contribution in [-0.2, 0) is 11.3 Å². The van der Waals surface area contributed by atoms with Crippen LogP contribution in [0.5, 0.6) is 5.75 Å². The molecule has 3 nitrogen and oxygen atoms in total. The Bertz CT molecular complexity index is 664. The number of hydrogen-bond acceptors (Lipinski definition) is 3. The van der Waals surface area contributed by atoms with E-state index in [9.17, 15) is 5.11 Å². The Morgan fingerprint density at radius 3 is 2.30 bits per heavy atom. The summed E-state index contributed by atoms with van der Waals surface area (Å²) < 4.78 is 10.9. The Balaban J connectivity index is 1.96. The van der Waals surface area contributed by atoms with Crippen LogP contribution < -0.4 is 4.74 Å². The number of rotatable bonds is 5. The lowest BCUT2D eigenvalue weighted by atomic mass is 10.1. The first-order valence-electron chi connectivity index (χ1n) is 7.53. The smallest absolute Gasteiger partial charge is 0.140 e. The van der Waals surface area contributed by atoms with Crippen molar-refractivity contribution in [3.8, 4) is 17.6 Å². The van der Waals surface area contributed by atoms with E-state index in [1.807, 2.05) is 68.4 Å². The van der Waals surface area contributed by atoms with E-state index in [2.05, 4.69) is 11.8 Å². The molecule has 0 fully saturated rings. The summed E-state index contributed by atoms with van der Waals surface area (Å²) in [6.45, 7) is 4.23. The molecule has 1 N–H and O–H groups in total. The third-order valence-corrected chi connectivity index (χ3v) is 3.46. The SMILES string of the molecule is COC(C)(C)C#CC(O)c1ccc(OCc2ccccc2)cc1. The van der Waals surface area contributed by atoms with Gasteiger partial charge in [-0.1, -0.05) is 54.3 Å². The maximum atomic E-state index is 10.1. The average molecular weight is 310 g/mol. The van der Waals surface area contributed by atoms with Crippen molar-refractivity contribution in [1.82, 2.24) is 0 Å². The van der Waals surface area contributed by atoms with Crippen molar-refractivity contribution in [1.29, 1.82) is 0 Å². The summed E-state index contributed by atoms with van der Waals surface area (Å²) in [6.07, 6.45) is -0.840. The van der Waals surface area contributed by atoms with Gasteiger partial charge in [0.05, 0.1) is 0 Å².